The van der Waals surface area contributed by atoms with E-state index >= 15 is 0 Å². The Bertz CT molecular complexity index is 420. The van der Waals surface area contributed by atoms with Crippen molar-refractivity contribution in [3.8, 4) is 0 Å². The van der Waals surface area contributed by atoms with E-state index in [0.717, 1.165) is 17.5 Å². The van der Waals surface area contributed by atoms with Gasteiger partial charge in [0.05, 0.1) is 0 Å². The summed E-state index contributed by atoms with van der Waals surface area (Å²) in [4.78, 5) is 2.17. The number of nitrogens with two attached hydrogens (primary N) is 1. The number of hydrogen-bond donors (Lipinski definition) is 2. The van der Waals surface area contributed by atoms with Gasteiger partial charge in [-0.25, -0.2) is 4.39 Å². The SMILES string of the molecule is CCC(C)(C(Cc1cc(F)ccc1C)NN)N(C)C. The maximum atomic E-state index is 13.4. The maximum Gasteiger partial charge on any atom is 0.123 e. The average molecular weight is 267 g/mol. The van der Waals surface area contributed by atoms with Gasteiger partial charge in [-0.2, -0.15) is 0 Å². The molecule has 0 saturated carbocycles. The smallest absolute Gasteiger partial charge is 0.123 e. The predicted molar refractivity (Wildman–Crippen MR) is 78.3 cm³/mol. The monoisotopic (exact) mass is 267 g/mol. The Labute approximate surface area is 116 Å². The third-order valence-electron chi connectivity index (χ3n) is 4.42. The van der Waals surface area contributed by atoms with Gasteiger partial charge in [0, 0.05) is 11.6 Å². The zero-order chi connectivity index (χ0) is 14.6. The lowest BCUT2D eigenvalue weighted by Crippen LogP contribution is -2.59. The van der Waals surface area contributed by atoms with Gasteiger partial charge in [0.1, 0.15) is 5.82 Å². The van der Waals surface area contributed by atoms with Gasteiger partial charge in [-0.15, -0.1) is 0 Å². The van der Waals surface area contributed by atoms with E-state index in [0.29, 0.717) is 6.42 Å². The number of nitrogens with zero attached hydrogens (tertiary/aromatic N) is 1. The lowest BCUT2D eigenvalue weighted by Gasteiger charge is -2.42. The molecule has 19 heavy (non-hydrogen) atoms. The molecule has 0 aliphatic rings. The first-order valence-electron chi connectivity index (χ1n) is 6.73. The van der Waals surface area contributed by atoms with Gasteiger partial charge >= 0.3 is 0 Å². The molecular formula is C15H26FN3. The van der Waals surface area contributed by atoms with Gasteiger partial charge in [0.2, 0.25) is 0 Å². The zero-order valence-corrected chi connectivity index (χ0v) is 12.6. The van der Waals surface area contributed by atoms with E-state index in [9.17, 15) is 4.39 Å². The van der Waals surface area contributed by atoms with Gasteiger partial charge in [0.15, 0.2) is 0 Å². The van der Waals surface area contributed by atoms with Crippen molar-refractivity contribution in [3.63, 3.8) is 0 Å². The summed E-state index contributed by atoms with van der Waals surface area (Å²) in [6.07, 6.45) is 1.67. The highest BCUT2D eigenvalue weighted by atomic mass is 19.1. The van der Waals surface area contributed by atoms with Crippen molar-refractivity contribution in [2.24, 2.45) is 5.84 Å². The lowest BCUT2D eigenvalue weighted by molar-refractivity contribution is 0.112. The summed E-state index contributed by atoms with van der Waals surface area (Å²) in [7, 11) is 4.10. The molecule has 0 amide bonds. The Hall–Kier alpha value is -0.970. The minimum Gasteiger partial charge on any atom is -0.302 e. The van der Waals surface area contributed by atoms with E-state index in [4.69, 9.17) is 5.84 Å². The molecule has 0 saturated heterocycles. The van der Waals surface area contributed by atoms with E-state index in [1.54, 1.807) is 6.07 Å². The van der Waals surface area contributed by atoms with Gasteiger partial charge in [-0.1, -0.05) is 13.0 Å². The summed E-state index contributed by atoms with van der Waals surface area (Å²) < 4.78 is 13.4. The van der Waals surface area contributed by atoms with Crippen LogP contribution < -0.4 is 11.3 Å². The summed E-state index contributed by atoms with van der Waals surface area (Å²) >= 11 is 0. The second-order valence-corrected chi connectivity index (χ2v) is 5.60. The second-order valence-electron chi connectivity index (χ2n) is 5.60. The van der Waals surface area contributed by atoms with Gasteiger partial charge in [0.25, 0.3) is 0 Å². The summed E-state index contributed by atoms with van der Waals surface area (Å²) in [6, 6.07) is 4.98. The summed E-state index contributed by atoms with van der Waals surface area (Å²) in [5, 5.41) is 0. The average Bonchev–Trinajstić information content (AvgIpc) is 2.38. The number of benzene rings is 1. The fraction of sp³-hybridized carbons (Fsp3) is 0.600. The van der Waals surface area contributed by atoms with Crippen molar-refractivity contribution in [1.29, 1.82) is 0 Å². The van der Waals surface area contributed by atoms with Crippen LogP contribution in [0, 0.1) is 12.7 Å². The molecule has 1 aromatic carbocycles. The van der Waals surface area contributed by atoms with Crippen LogP contribution in [0.15, 0.2) is 18.2 Å². The highest BCUT2D eigenvalue weighted by Gasteiger charge is 2.34. The molecule has 2 atom stereocenters. The lowest BCUT2D eigenvalue weighted by atomic mass is 9.83. The number of nitrogens with one attached hydrogen (secondary N) is 1. The Balaban J connectivity index is 3.02. The highest BCUT2D eigenvalue weighted by molar-refractivity contribution is 5.28. The van der Waals surface area contributed by atoms with Gasteiger partial charge in [-0.05, 0) is 64.0 Å². The summed E-state index contributed by atoms with van der Waals surface area (Å²) in [5.74, 6) is 5.54. The van der Waals surface area contributed by atoms with Crippen molar-refractivity contribution >= 4 is 0 Å². The van der Waals surface area contributed by atoms with Crippen LogP contribution in [-0.2, 0) is 6.42 Å². The van der Waals surface area contributed by atoms with Crippen molar-refractivity contribution in [1.82, 2.24) is 10.3 Å². The molecule has 0 aromatic heterocycles. The van der Waals surface area contributed by atoms with E-state index in [-0.39, 0.29) is 17.4 Å². The first kappa shape index (κ1) is 16.1. The molecule has 0 fully saturated rings. The summed E-state index contributed by atoms with van der Waals surface area (Å²) in [5.41, 5.74) is 4.93. The fourth-order valence-corrected chi connectivity index (χ4v) is 2.41. The second kappa shape index (κ2) is 6.46. The number of hydrogen-bond acceptors (Lipinski definition) is 3. The molecule has 0 spiro atoms. The molecule has 1 rings (SSSR count). The standard InChI is InChI=1S/C15H26FN3/c1-6-15(3,19(4)5)14(18-17)10-12-9-13(16)8-7-11(12)2/h7-9,14,18H,6,10,17H2,1-5H3. The first-order chi connectivity index (χ1) is 8.85. The number of aryl methyl sites for hydroxylation is 1. The molecule has 2 unspecified atom stereocenters. The minimum absolute atomic E-state index is 0.0630. The molecular weight excluding hydrogens is 241 g/mol. The Morgan fingerprint density at radius 1 is 1.42 bits per heavy atom. The fourth-order valence-electron chi connectivity index (χ4n) is 2.41. The van der Waals surface area contributed by atoms with Crippen molar-refractivity contribution < 1.29 is 4.39 Å². The topological polar surface area (TPSA) is 41.3 Å². The minimum atomic E-state index is -0.195. The number of hydrazine groups is 1. The van der Waals surface area contributed by atoms with Crippen molar-refractivity contribution in [3.05, 3.63) is 35.1 Å². The third-order valence-corrected chi connectivity index (χ3v) is 4.42. The van der Waals surface area contributed by atoms with Crippen LogP contribution in [0.2, 0.25) is 0 Å². The maximum absolute atomic E-state index is 13.4. The van der Waals surface area contributed by atoms with E-state index in [1.807, 2.05) is 27.1 Å². The molecule has 0 aliphatic carbocycles. The van der Waals surface area contributed by atoms with Crippen LogP contribution in [0.3, 0.4) is 0 Å². The Morgan fingerprint density at radius 3 is 2.53 bits per heavy atom. The largest absolute Gasteiger partial charge is 0.302 e. The number of halogens is 1. The molecule has 4 heteroatoms. The van der Waals surface area contributed by atoms with Crippen LogP contribution in [0.25, 0.3) is 0 Å². The molecule has 0 heterocycles. The highest BCUT2D eigenvalue weighted by Crippen LogP contribution is 2.24. The number of likely N-dealkylation sites (N-methyl/N-ethyl adjacent to an activating group) is 1. The first-order valence-corrected chi connectivity index (χ1v) is 6.73. The molecule has 3 N–H and O–H groups in total. The molecule has 3 nitrogen and oxygen atoms in total. The molecule has 108 valence electrons. The molecule has 1 aromatic rings. The van der Waals surface area contributed by atoms with Crippen LogP contribution in [-0.4, -0.2) is 30.6 Å². The van der Waals surface area contributed by atoms with E-state index < -0.39 is 0 Å². The van der Waals surface area contributed by atoms with Gasteiger partial charge in [-0.3, -0.25) is 11.3 Å². The molecule has 0 bridgehead atoms. The van der Waals surface area contributed by atoms with Gasteiger partial charge < -0.3 is 4.90 Å². The van der Waals surface area contributed by atoms with E-state index in [1.165, 1.54) is 6.07 Å². The molecule has 0 aliphatic heterocycles. The third kappa shape index (κ3) is 3.53. The Kier molecular flexibility index (Phi) is 5.47. The quantitative estimate of drug-likeness (QED) is 0.613. The van der Waals surface area contributed by atoms with Crippen LogP contribution >= 0.6 is 0 Å². The summed E-state index contributed by atoms with van der Waals surface area (Å²) in [6.45, 7) is 6.32. The zero-order valence-electron chi connectivity index (χ0n) is 12.6. The van der Waals surface area contributed by atoms with E-state index in [2.05, 4.69) is 24.2 Å². The number of rotatable bonds is 6. The normalized spacial score (nSPS) is 16.4. The van der Waals surface area contributed by atoms with Crippen LogP contribution in [0.1, 0.15) is 31.4 Å². The van der Waals surface area contributed by atoms with Crippen LogP contribution in [0.5, 0.6) is 0 Å². The predicted octanol–water partition coefficient (Wildman–Crippen LogP) is 2.24. The van der Waals surface area contributed by atoms with Crippen molar-refractivity contribution in [2.75, 3.05) is 14.1 Å². The Morgan fingerprint density at radius 2 is 2.05 bits per heavy atom. The van der Waals surface area contributed by atoms with Crippen LogP contribution in [0.4, 0.5) is 4.39 Å². The van der Waals surface area contributed by atoms with Crippen molar-refractivity contribution in [2.45, 2.75) is 45.2 Å². The molecule has 0 radical (unpaired) electrons.